The molecule has 1 saturated heterocycles. The van der Waals surface area contributed by atoms with Crippen molar-refractivity contribution < 1.29 is 14.5 Å². The summed E-state index contributed by atoms with van der Waals surface area (Å²) in [6.07, 6.45) is 3.79. The van der Waals surface area contributed by atoms with E-state index < -0.39 is 0 Å². The van der Waals surface area contributed by atoms with Crippen LogP contribution in [0.5, 0.6) is 0 Å². The van der Waals surface area contributed by atoms with Crippen LogP contribution < -0.4 is 9.80 Å². The second-order valence-corrected chi connectivity index (χ2v) is 7.55. The monoisotopic (exact) mass is 364 g/mol. The highest BCUT2D eigenvalue weighted by Crippen LogP contribution is 2.24. The zero-order chi connectivity index (χ0) is 18.8. The third-order valence-electron chi connectivity index (χ3n) is 5.49. The molecule has 2 aliphatic heterocycles. The van der Waals surface area contributed by atoms with E-state index in [4.69, 9.17) is 0 Å². The first-order valence-electron chi connectivity index (χ1n) is 9.74. The second kappa shape index (κ2) is 7.53. The van der Waals surface area contributed by atoms with E-state index in [9.17, 15) is 9.59 Å². The van der Waals surface area contributed by atoms with Crippen molar-refractivity contribution in [1.82, 2.24) is 4.90 Å². The molecule has 27 heavy (non-hydrogen) atoms. The smallest absolute Gasteiger partial charge is 0.265 e. The molecule has 0 aliphatic carbocycles. The Morgan fingerprint density at radius 1 is 0.852 bits per heavy atom. The predicted molar refractivity (Wildman–Crippen MR) is 105 cm³/mol. The lowest BCUT2D eigenvalue weighted by atomic mass is 10.1. The standard InChI is InChI=1S/C22H25N3O2/c1-23(16-25-21(26)18-10-4-5-11-19(18)22(25)27)15-17-9-3-6-12-20(17)24-13-7-2-8-14-24/h3-6,9-12H,2,7-8,13-16H2,1H3/p+1. The maximum atomic E-state index is 12.6. The van der Waals surface area contributed by atoms with Gasteiger partial charge in [0.1, 0.15) is 6.54 Å². The first-order chi connectivity index (χ1) is 13.1. The van der Waals surface area contributed by atoms with E-state index in [1.165, 1.54) is 35.4 Å². The Hall–Kier alpha value is -2.66. The molecule has 1 N–H and O–H groups in total. The minimum atomic E-state index is -0.181. The molecule has 2 aliphatic rings. The number of quaternary nitrogens is 1. The van der Waals surface area contributed by atoms with Crippen LogP contribution in [-0.4, -0.2) is 43.5 Å². The highest BCUT2D eigenvalue weighted by atomic mass is 16.2. The van der Waals surface area contributed by atoms with Crippen molar-refractivity contribution in [3.05, 3.63) is 65.2 Å². The molecule has 5 nitrogen and oxygen atoms in total. The van der Waals surface area contributed by atoms with Gasteiger partial charge in [-0.2, -0.15) is 0 Å². The Labute approximate surface area is 160 Å². The number of hydrogen-bond acceptors (Lipinski definition) is 3. The summed E-state index contributed by atoms with van der Waals surface area (Å²) in [5.41, 5.74) is 3.60. The minimum absolute atomic E-state index is 0.181. The summed E-state index contributed by atoms with van der Waals surface area (Å²) in [6.45, 7) is 3.36. The number of nitrogens with zero attached hydrogens (tertiary/aromatic N) is 2. The van der Waals surface area contributed by atoms with Crippen LogP contribution in [0.3, 0.4) is 0 Å². The van der Waals surface area contributed by atoms with Gasteiger partial charge in [-0.1, -0.05) is 30.3 Å². The Morgan fingerprint density at radius 2 is 1.44 bits per heavy atom. The summed E-state index contributed by atoms with van der Waals surface area (Å²) in [6, 6.07) is 15.6. The maximum absolute atomic E-state index is 12.6. The summed E-state index contributed by atoms with van der Waals surface area (Å²) in [5, 5.41) is 0. The molecule has 2 heterocycles. The maximum Gasteiger partial charge on any atom is 0.265 e. The van der Waals surface area contributed by atoms with E-state index in [2.05, 4.69) is 29.2 Å². The van der Waals surface area contributed by atoms with Gasteiger partial charge in [-0.15, -0.1) is 0 Å². The molecular formula is C22H26N3O2+. The SMILES string of the molecule is C[NH+](Cc1ccccc1N1CCCCC1)CN1C(=O)c2ccccc2C1=O. The summed E-state index contributed by atoms with van der Waals surface area (Å²) in [5.74, 6) is -0.362. The molecule has 1 atom stereocenters. The number of hydrogen-bond donors (Lipinski definition) is 1. The van der Waals surface area contributed by atoms with Gasteiger partial charge in [0, 0.05) is 24.3 Å². The Kier molecular flexibility index (Phi) is 4.94. The van der Waals surface area contributed by atoms with Gasteiger partial charge in [-0.3, -0.25) is 9.59 Å². The third kappa shape index (κ3) is 3.47. The van der Waals surface area contributed by atoms with E-state index in [0.717, 1.165) is 24.5 Å². The molecule has 1 fully saturated rings. The number of rotatable bonds is 5. The lowest BCUT2D eigenvalue weighted by Crippen LogP contribution is -3.09. The summed E-state index contributed by atoms with van der Waals surface area (Å²) >= 11 is 0. The van der Waals surface area contributed by atoms with Crippen molar-refractivity contribution >= 4 is 17.5 Å². The topological polar surface area (TPSA) is 45.1 Å². The van der Waals surface area contributed by atoms with E-state index in [1.807, 2.05) is 7.05 Å². The molecule has 0 bridgehead atoms. The van der Waals surface area contributed by atoms with Gasteiger partial charge >= 0.3 is 0 Å². The fourth-order valence-electron chi connectivity index (χ4n) is 4.14. The van der Waals surface area contributed by atoms with Gasteiger partial charge in [0.2, 0.25) is 0 Å². The molecule has 1 unspecified atom stereocenters. The number of anilines is 1. The number of piperidine rings is 1. The Morgan fingerprint density at radius 3 is 2.11 bits per heavy atom. The first kappa shape index (κ1) is 17.7. The minimum Gasteiger partial charge on any atom is -0.371 e. The van der Waals surface area contributed by atoms with Gasteiger partial charge < -0.3 is 9.80 Å². The second-order valence-electron chi connectivity index (χ2n) is 7.55. The van der Waals surface area contributed by atoms with E-state index in [-0.39, 0.29) is 11.8 Å². The van der Waals surface area contributed by atoms with Crippen molar-refractivity contribution in [2.24, 2.45) is 0 Å². The quantitative estimate of drug-likeness (QED) is 0.825. The number of nitrogens with one attached hydrogen (secondary N) is 1. The van der Waals surface area contributed by atoms with Crippen LogP contribution in [0, 0.1) is 0 Å². The number of imide groups is 1. The number of amides is 2. The van der Waals surface area contributed by atoms with Crippen LogP contribution in [0.1, 0.15) is 45.5 Å². The fourth-order valence-corrected chi connectivity index (χ4v) is 4.14. The Bertz CT molecular complexity index is 823. The lowest BCUT2D eigenvalue weighted by molar-refractivity contribution is -0.901. The van der Waals surface area contributed by atoms with E-state index >= 15 is 0 Å². The molecule has 5 heteroatoms. The molecule has 2 aromatic rings. The predicted octanol–water partition coefficient (Wildman–Crippen LogP) is 1.95. The average molecular weight is 364 g/mol. The molecule has 0 aromatic heterocycles. The molecule has 2 amide bonds. The number of carbonyl (C=O) groups excluding carboxylic acids is 2. The number of benzene rings is 2. The van der Waals surface area contributed by atoms with Crippen LogP contribution >= 0.6 is 0 Å². The molecule has 140 valence electrons. The van der Waals surface area contributed by atoms with Gasteiger partial charge in [0.15, 0.2) is 6.67 Å². The van der Waals surface area contributed by atoms with Crippen molar-refractivity contribution in [3.8, 4) is 0 Å². The fraction of sp³-hybridized carbons (Fsp3) is 0.364. The molecule has 4 rings (SSSR count). The summed E-state index contributed by atoms with van der Waals surface area (Å²) < 4.78 is 0. The number of para-hydroxylation sites is 1. The third-order valence-corrected chi connectivity index (χ3v) is 5.49. The summed E-state index contributed by atoms with van der Waals surface area (Å²) in [7, 11) is 2.04. The normalized spacial score (nSPS) is 18.0. The van der Waals surface area contributed by atoms with Crippen LogP contribution in [0.2, 0.25) is 0 Å². The molecular weight excluding hydrogens is 338 g/mol. The number of carbonyl (C=O) groups is 2. The highest BCUT2D eigenvalue weighted by molar-refractivity contribution is 6.21. The van der Waals surface area contributed by atoms with Crippen molar-refractivity contribution in [2.75, 3.05) is 31.7 Å². The van der Waals surface area contributed by atoms with E-state index in [1.54, 1.807) is 24.3 Å². The van der Waals surface area contributed by atoms with Crippen LogP contribution in [-0.2, 0) is 6.54 Å². The molecule has 2 aromatic carbocycles. The van der Waals surface area contributed by atoms with Gasteiger partial charge in [-0.05, 0) is 37.5 Å². The van der Waals surface area contributed by atoms with Crippen molar-refractivity contribution in [2.45, 2.75) is 25.8 Å². The van der Waals surface area contributed by atoms with Crippen LogP contribution in [0.15, 0.2) is 48.5 Å². The van der Waals surface area contributed by atoms with Crippen molar-refractivity contribution in [1.29, 1.82) is 0 Å². The molecule has 0 spiro atoms. The van der Waals surface area contributed by atoms with E-state index in [0.29, 0.717) is 17.8 Å². The zero-order valence-electron chi connectivity index (χ0n) is 15.8. The largest absolute Gasteiger partial charge is 0.371 e. The van der Waals surface area contributed by atoms with Gasteiger partial charge in [0.25, 0.3) is 11.8 Å². The first-order valence-corrected chi connectivity index (χ1v) is 9.74. The summed E-state index contributed by atoms with van der Waals surface area (Å²) in [4.78, 5) is 30.2. The van der Waals surface area contributed by atoms with Gasteiger partial charge in [0.05, 0.1) is 18.2 Å². The average Bonchev–Trinajstić information content (AvgIpc) is 2.94. The van der Waals surface area contributed by atoms with Crippen LogP contribution in [0.25, 0.3) is 0 Å². The number of fused-ring (bicyclic) bond motifs is 1. The Balaban J connectivity index is 1.47. The van der Waals surface area contributed by atoms with Gasteiger partial charge in [-0.25, -0.2) is 4.90 Å². The van der Waals surface area contributed by atoms with Crippen molar-refractivity contribution in [3.63, 3.8) is 0 Å². The van der Waals surface area contributed by atoms with Crippen LogP contribution in [0.4, 0.5) is 5.69 Å². The zero-order valence-corrected chi connectivity index (χ0v) is 15.8. The molecule has 0 saturated carbocycles. The highest BCUT2D eigenvalue weighted by Gasteiger charge is 2.36. The lowest BCUT2D eigenvalue weighted by Gasteiger charge is -2.31. The molecule has 0 radical (unpaired) electrons.